The van der Waals surface area contributed by atoms with Crippen LogP contribution < -0.4 is 5.32 Å². The van der Waals surface area contributed by atoms with Crippen LogP contribution in [0.1, 0.15) is 22.4 Å². The molecule has 4 heteroatoms. The van der Waals surface area contributed by atoms with Crippen molar-refractivity contribution in [3.63, 3.8) is 0 Å². The quantitative estimate of drug-likeness (QED) is 0.687. The van der Waals surface area contributed by atoms with Gasteiger partial charge in [0, 0.05) is 28.8 Å². The number of urea groups is 1. The number of carbonyl (C=O) groups is 1. The maximum Gasteiger partial charge on any atom is 0.322 e. The molecule has 0 saturated carbocycles. The Labute approximate surface area is 141 Å². The lowest BCUT2D eigenvalue weighted by molar-refractivity contribution is 0.206. The van der Waals surface area contributed by atoms with Gasteiger partial charge in [-0.05, 0) is 43.0 Å². The second kappa shape index (κ2) is 5.71. The van der Waals surface area contributed by atoms with E-state index in [1.807, 2.05) is 43.0 Å². The number of hydrogen-bond donors (Lipinski definition) is 2. The van der Waals surface area contributed by atoms with Crippen molar-refractivity contribution in [2.24, 2.45) is 0 Å². The highest BCUT2D eigenvalue weighted by Crippen LogP contribution is 2.28. The summed E-state index contributed by atoms with van der Waals surface area (Å²) in [6, 6.07) is 14.4. The van der Waals surface area contributed by atoms with Crippen molar-refractivity contribution in [1.29, 1.82) is 0 Å². The Morgan fingerprint density at radius 3 is 2.62 bits per heavy atom. The van der Waals surface area contributed by atoms with Crippen molar-refractivity contribution in [2.75, 3.05) is 11.9 Å². The van der Waals surface area contributed by atoms with Gasteiger partial charge in [0.05, 0.1) is 6.54 Å². The molecule has 3 aromatic rings. The summed E-state index contributed by atoms with van der Waals surface area (Å²) < 4.78 is 0. The fourth-order valence-corrected chi connectivity index (χ4v) is 3.56. The zero-order valence-electron chi connectivity index (χ0n) is 14.0. The third kappa shape index (κ3) is 2.44. The molecule has 0 radical (unpaired) electrons. The average Bonchev–Trinajstić information content (AvgIpc) is 2.96. The number of amides is 2. The summed E-state index contributed by atoms with van der Waals surface area (Å²) >= 11 is 0. The first kappa shape index (κ1) is 14.8. The molecule has 1 aromatic heterocycles. The van der Waals surface area contributed by atoms with Crippen LogP contribution >= 0.6 is 0 Å². The Hall–Kier alpha value is -2.75. The normalized spacial score (nSPS) is 13.8. The van der Waals surface area contributed by atoms with E-state index in [4.69, 9.17) is 0 Å². The van der Waals surface area contributed by atoms with Crippen molar-refractivity contribution >= 4 is 22.6 Å². The molecule has 4 rings (SSSR count). The van der Waals surface area contributed by atoms with Gasteiger partial charge in [0.2, 0.25) is 0 Å². The van der Waals surface area contributed by atoms with E-state index in [-0.39, 0.29) is 6.03 Å². The minimum absolute atomic E-state index is 0.0308. The number of H-pyrrole nitrogens is 1. The Balaban J connectivity index is 1.57. The van der Waals surface area contributed by atoms with Gasteiger partial charge in [0.25, 0.3) is 0 Å². The number of para-hydroxylation sites is 2. The molecule has 4 nitrogen and oxygen atoms in total. The molecule has 0 fully saturated rings. The first-order valence-corrected chi connectivity index (χ1v) is 8.34. The van der Waals surface area contributed by atoms with Crippen LogP contribution in [-0.4, -0.2) is 22.5 Å². The monoisotopic (exact) mass is 319 g/mol. The smallest absolute Gasteiger partial charge is 0.322 e. The van der Waals surface area contributed by atoms with Gasteiger partial charge >= 0.3 is 6.03 Å². The van der Waals surface area contributed by atoms with Crippen LogP contribution in [0.3, 0.4) is 0 Å². The van der Waals surface area contributed by atoms with Gasteiger partial charge in [0.15, 0.2) is 0 Å². The summed E-state index contributed by atoms with van der Waals surface area (Å²) in [5, 5.41) is 4.37. The van der Waals surface area contributed by atoms with Crippen LogP contribution in [0.5, 0.6) is 0 Å². The van der Waals surface area contributed by atoms with Crippen LogP contribution in [0.15, 0.2) is 42.5 Å². The molecule has 2 aromatic carbocycles. The molecule has 2 N–H and O–H groups in total. The van der Waals surface area contributed by atoms with E-state index in [0.717, 1.165) is 41.0 Å². The molecule has 2 amide bonds. The van der Waals surface area contributed by atoms with Gasteiger partial charge in [-0.1, -0.05) is 36.4 Å². The molecule has 122 valence electrons. The van der Waals surface area contributed by atoms with Crippen molar-refractivity contribution in [3.8, 4) is 0 Å². The van der Waals surface area contributed by atoms with E-state index in [1.54, 1.807) is 0 Å². The summed E-state index contributed by atoms with van der Waals surface area (Å²) in [7, 11) is 0. The van der Waals surface area contributed by atoms with E-state index in [1.165, 1.54) is 10.9 Å². The summed E-state index contributed by atoms with van der Waals surface area (Å²) in [6.45, 7) is 5.41. The molecular formula is C20H21N3O. The van der Waals surface area contributed by atoms with Crippen LogP contribution in [0.4, 0.5) is 10.5 Å². The Kier molecular flexibility index (Phi) is 3.53. The van der Waals surface area contributed by atoms with Gasteiger partial charge < -0.3 is 15.2 Å². The number of aryl methyl sites for hydroxylation is 2. The standard InChI is InChI=1S/C20H21N3O/c1-13-6-5-7-14(2)19(13)22-20(24)23-11-10-16-15-8-3-4-9-17(15)21-18(16)12-23/h3-9,21H,10-12H2,1-2H3,(H,22,24). The lowest BCUT2D eigenvalue weighted by Crippen LogP contribution is -2.39. The first-order chi connectivity index (χ1) is 11.6. The molecule has 0 atom stereocenters. The predicted octanol–water partition coefficient (Wildman–Crippen LogP) is 4.37. The van der Waals surface area contributed by atoms with E-state index in [0.29, 0.717) is 6.54 Å². The van der Waals surface area contributed by atoms with Crippen LogP contribution in [-0.2, 0) is 13.0 Å². The number of fused-ring (bicyclic) bond motifs is 3. The summed E-state index contributed by atoms with van der Waals surface area (Å²) in [6.07, 6.45) is 0.888. The van der Waals surface area contributed by atoms with Crippen molar-refractivity contribution in [3.05, 3.63) is 64.8 Å². The molecule has 0 bridgehead atoms. The maximum atomic E-state index is 12.7. The number of hydrogen-bond acceptors (Lipinski definition) is 1. The molecule has 0 saturated heterocycles. The minimum Gasteiger partial charge on any atom is -0.357 e. The molecule has 0 unspecified atom stereocenters. The van der Waals surface area contributed by atoms with Gasteiger partial charge in [0.1, 0.15) is 0 Å². The summed E-state index contributed by atoms with van der Waals surface area (Å²) in [4.78, 5) is 18.0. The zero-order chi connectivity index (χ0) is 16.7. The average molecular weight is 319 g/mol. The largest absolute Gasteiger partial charge is 0.357 e. The molecule has 1 aliphatic rings. The van der Waals surface area contributed by atoms with E-state index >= 15 is 0 Å². The number of benzene rings is 2. The topological polar surface area (TPSA) is 48.1 Å². The van der Waals surface area contributed by atoms with Crippen LogP contribution in [0, 0.1) is 13.8 Å². The van der Waals surface area contributed by atoms with Crippen LogP contribution in [0.25, 0.3) is 10.9 Å². The number of nitrogens with one attached hydrogen (secondary N) is 2. The Bertz CT molecular complexity index is 906. The van der Waals surface area contributed by atoms with E-state index in [2.05, 4.69) is 28.5 Å². The maximum absolute atomic E-state index is 12.7. The van der Waals surface area contributed by atoms with Gasteiger partial charge in [-0.2, -0.15) is 0 Å². The van der Waals surface area contributed by atoms with E-state index in [9.17, 15) is 4.79 Å². The Morgan fingerprint density at radius 1 is 1.08 bits per heavy atom. The fraction of sp³-hybridized carbons (Fsp3) is 0.250. The lowest BCUT2D eigenvalue weighted by atomic mass is 10.0. The van der Waals surface area contributed by atoms with Crippen molar-refractivity contribution in [2.45, 2.75) is 26.8 Å². The van der Waals surface area contributed by atoms with E-state index < -0.39 is 0 Å². The number of rotatable bonds is 1. The highest BCUT2D eigenvalue weighted by molar-refractivity contribution is 5.92. The highest BCUT2D eigenvalue weighted by Gasteiger charge is 2.24. The highest BCUT2D eigenvalue weighted by atomic mass is 16.2. The SMILES string of the molecule is Cc1cccc(C)c1NC(=O)N1CCc2c([nH]c3ccccc23)C1. The first-order valence-electron chi connectivity index (χ1n) is 8.34. The predicted molar refractivity (Wildman–Crippen MR) is 97.3 cm³/mol. The molecule has 24 heavy (non-hydrogen) atoms. The lowest BCUT2D eigenvalue weighted by Gasteiger charge is -2.28. The summed E-state index contributed by atoms with van der Waals surface area (Å²) in [5.41, 5.74) is 6.75. The van der Waals surface area contributed by atoms with Crippen molar-refractivity contribution < 1.29 is 4.79 Å². The number of nitrogens with zero attached hydrogens (tertiary/aromatic N) is 1. The second-order valence-corrected chi connectivity index (χ2v) is 6.50. The third-order valence-electron chi connectivity index (χ3n) is 4.88. The number of aromatic nitrogens is 1. The number of anilines is 1. The van der Waals surface area contributed by atoms with Crippen LogP contribution in [0.2, 0.25) is 0 Å². The molecule has 1 aliphatic heterocycles. The number of carbonyl (C=O) groups excluding carboxylic acids is 1. The van der Waals surface area contributed by atoms with Gasteiger partial charge in [-0.25, -0.2) is 4.79 Å². The van der Waals surface area contributed by atoms with Gasteiger partial charge in [-0.15, -0.1) is 0 Å². The third-order valence-corrected chi connectivity index (χ3v) is 4.88. The van der Waals surface area contributed by atoms with Gasteiger partial charge in [-0.3, -0.25) is 0 Å². The second-order valence-electron chi connectivity index (χ2n) is 6.50. The molecule has 2 heterocycles. The zero-order valence-corrected chi connectivity index (χ0v) is 14.0. The minimum atomic E-state index is -0.0308. The molecular weight excluding hydrogens is 298 g/mol. The summed E-state index contributed by atoms with van der Waals surface area (Å²) in [5.74, 6) is 0. The van der Waals surface area contributed by atoms with Crippen molar-refractivity contribution in [1.82, 2.24) is 9.88 Å². The Morgan fingerprint density at radius 2 is 1.83 bits per heavy atom. The number of aromatic amines is 1. The fourth-order valence-electron chi connectivity index (χ4n) is 3.56. The molecule has 0 spiro atoms. The molecule has 0 aliphatic carbocycles.